The first kappa shape index (κ1) is 16.5. The van der Waals surface area contributed by atoms with Gasteiger partial charge in [0.15, 0.2) is 17.3 Å². The summed E-state index contributed by atoms with van der Waals surface area (Å²) >= 11 is 0. The summed E-state index contributed by atoms with van der Waals surface area (Å²) in [6.45, 7) is 0. The molecule has 2 aromatic rings. The van der Waals surface area contributed by atoms with Crippen molar-refractivity contribution in [2.45, 2.75) is 0 Å². The van der Waals surface area contributed by atoms with E-state index < -0.39 is 11.6 Å². The fourth-order valence-electron chi connectivity index (χ4n) is 2.12. The van der Waals surface area contributed by atoms with Crippen LogP contribution in [-0.2, 0) is 0 Å². The molecule has 5 heteroatoms. The van der Waals surface area contributed by atoms with Crippen molar-refractivity contribution in [2.75, 3.05) is 21.3 Å². The predicted molar refractivity (Wildman–Crippen MR) is 85.9 cm³/mol. The van der Waals surface area contributed by atoms with Crippen molar-refractivity contribution in [3.05, 3.63) is 59.4 Å². The van der Waals surface area contributed by atoms with Crippen LogP contribution in [-0.4, -0.2) is 27.1 Å². The molecule has 0 unspecified atom stereocenters. The first-order valence-corrected chi connectivity index (χ1v) is 6.87. The van der Waals surface area contributed by atoms with Gasteiger partial charge in [-0.05, 0) is 35.9 Å². The fourth-order valence-corrected chi connectivity index (χ4v) is 2.12. The van der Waals surface area contributed by atoms with Gasteiger partial charge in [-0.3, -0.25) is 4.79 Å². The van der Waals surface area contributed by atoms with Crippen LogP contribution in [0.4, 0.5) is 4.39 Å². The Bertz CT molecular complexity index is 713. The Kier molecular flexibility index (Phi) is 5.36. The Morgan fingerprint density at radius 3 is 2.13 bits per heavy atom. The van der Waals surface area contributed by atoms with E-state index in [0.29, 0.717) is 22.8 Å². The van der Waals surface area contributed by atoms with Gasteiger partial charge < -0.3 is 14.2 Å². The summed E-state index contributed by atoms with van der Waals surface area (Å²) in [5.41, 5.74) is 0.695. The minimum atomic E-state index is -0.549. The molecule has 0 radical (unpaired) electrons. The van der Waals surface area contributed by atoms with Gasteiger partial charge in [0, 0.05) is 0 Å². The largest absolute Gasteiger partial charge is 0.493 e. The van der Waals surface area contributed by atoms with Crippen molar-refractivity contribution in [1.82, 2.24) is 0 Å². The van der Waals surface area contributed by atoms with Gasteiger partial charge in [0.05, 0.1) is 26.9 Å². The van der Waals surface area contributed by atoms with Crippen molar-refractivity contribution in [2.24, 2.45) is 0 Å². The third-order valence-electron chi connectivity index (χ3n) is 3.25. The number of carbonyl (C=O) groups is 1. The summed E-state index contributed by atoms with van der Waals surface area (Å²) in [4.78, 5) is 12.1. The minimum Gasteiger partial charge on any atom is -0.493 e. The smallest absolute Gasteiger partial charge is 0.203 e. The standard InChI is InChI=1S/C18H17FO4/c1-21-16-10-12(11-17(22-2)18(16)23-3)8-9-15(20)13-6-4-5-7-14(13)19/h4-11H,1-3H3/b9-8+. The van der Waals surface area contributed by atoms with E-state index in [4.69, 9.17) is 14.2 Å². The first-order valence-electron chi connectivity index (χ1n) is 6.87. The zero-order chi connectivity index (χ0) is 16.8. The summed E-state index contributed by atoms with van der Waals surface area (Å²) in [5.74, 6) is 0.450. The molecule has 0 spiro atoms. The monoisotopic (exact) mass is 316 g/mol. The van der Waals surface area contributed by atoms with E-state index in [9.17, 15) is 9.18 Å². The SMILES string of the molecule is COc1cc(/C=C/C(=O)c2ccccc2F)cc(OC)c1OC. The number of halogens is 1. The molecular formula is C18H17FO4. The molecule has 0 fully saturated rings. The zero-order valence-corrected chi connectivity index (χ0v) is 13.1. The van der Waals surface area contributed by atoms with Crippen molar-refractivity contribution < 1.29 is 23.4 Å². The molecular weight excluding hydrogens is 299 g/mol. The van der Waals surface area contributed by atoms with E-state index in [1.165, 1.54) is 45.6 Å². The van der Waals surface area contributed by atoms with Crippen LogP contribution >= 0.6 is 0 Å². The maximum atomic E-state index is 13.6. The number of ketones is 1. The van der Waals surface area contributed by atoms with Gasteiger partial charge in [0.2, 0.25) is 5.75 Å². The molecule has 0 aliphatic rings. The van der Waals surface area contributed by atoms with Gasteiger partial charge >= 0.3 is 0 Å². The second-order valence-corrected chi connectivity index (χ2v) is 4.64. The van der Waals surface area contributed by atoms with Crippen LogP contribution in [0.25, 0.3) is 6.08 Å². The summed E-state index contributed by atoms with van der Waals surface area (Å²) in [6.07, 6.45) is 2.87. The van der Waals surface area contributed by atoms with Gasteiger partial charge in [-0.2, -0.15) is 0 Å². The van der Waals surface area contributed by atoms with Gasteiger partial charge in [-0.25, -0.2) is 4.39 Å². The lowest BCUT2D eigenvalue weighted by atomic mass is 10.1. The van der Waals surface area contributed by atoms with Gasteiger partial charge in [-0.15, -0.1) is 0 Å². The molecule has 0 aliphatic carbocycles. The molecule has 2 rings (SSSR count). The summed E-state index contributed by atoms with van der Waals surface area (Å²) < 4.78 is 29.3. The summed E-state index contributed by atoms with van der Waals surface area (Å²) in [6, 6.07) is 9.25. The maximum Gasteiger partial charge on any atom is 0.203 e. The fraction of sp³-hybridized carbons (Fsp3) is 0.167. The highest BCUT2D eigenvalue weighted by Gasteiger charge is 2.12. The molecule has 0 heterocycles. The Morgan fingerprint density at radius 2 is 1.61 bits per heavy atom. The van der Waals surface area contributed by atoms with Crippen molar-refractivity contribution in [3.8, 4) is 17.2 Å². The van der Waals surface area contributed by atoms with Crippen LogP contribution in [0.1, 0.15) is 15.9 Å². The summed E-state index contributed by atoms with van der Waals surface area (Å²) in [7, 11) is 4.53. The summed E-state index contributed by atoms with van der Waals surface area (Å²) in [5, 5.41) is 0. The molecule has 0 saturated carbocycles. The lowest BCUT2D eigenvalue weighted by molar-refractivity contribution is 0.104. The average Bonchev–Trinajstić information content (AvgIpc) is 2.58. The van der Waals surface area contributed by atoms with Gasteiger partial charge in [0.1, 0.15) is 5.82 Å². The van der Waals surface area contributed by atoms with Crippen molar-refractivity contribution in [3.63, 3.8) is 0 Å². The van der Waals surface area contributed by atoms with E-state index in [0.717, 1.165) is 0 Å². The lowest BCUT2D eigenvalue weighted by Crippen LogP contribution is -1.98. The molecule has 0 aromatic heterocycles. The molecule has 23 heavy (non-hydrogen) atoms. The minimum absolute atomic E-state index is 0.0243. The number of hydrogen-bond donors (Lipinski definition) is 0. The topological polar surface area (TPSA) is 44.8 Å². The molecule has 0 atom stereocenters. The zero-order valence-electron chi connectivity index (χ0n) is 13.1. The van der Waals surface area contributed by atoms with Crippen molar-refractivity contribution >= 4 is 11.9 Å². The van der Waals surface area contributed by atoms with E-state index >= 15 is 0 Å². The van der Waals surface area contributed by atoms with E-state index in [2.05, 4.69) is 0 Å². The van der Waals surface area contributed by atoms with Crippen LogP contribution in [0.15, 0.2) is 42.5 Å². The Balaban J connectivity index is 2.32. The molecule has 0 N–H and O–H groups in total. The Morgan fingerprint density at radius 1 is 1.00 bits per heavy atom. The average molecular weight is 316 g/mol. The highest BCUT2D eigenvalue weighted by molar-refractivity contribution is 6.07. The molecule has 2 aromatic carbocycles. The highest BCUT2D eigenvalue weighted by atomic mass is 19.1. The second kappa shape index (κ2) is 7.45. The molecule has 0 saturated heterocycles. The normalized spacial score (nSPS) is 10.6. The maximum absolute atomic E-state index is 13.6. The predicted octanol–water partition coefficient (Wildman–Crippen LogP) is 3.75. The Hall–Kier alpha value is -2.82. The number of allylic oxidation sites excluding steroid dienone is 1. The first-order chi connectivity index (χ1) is 11.1. The molecule has 4 nitrogen and oxygen atoms in total. The van der Waals surface area contributed by atoms with Gasteiger partial charge in [-0.1, -0.05) is 18.2 Å². The number of ether oxygens (including phenoxy) is 3. The molecule has 0 amide bonds. The van der Waals surface area contributed by atoms with E-state index in [-0.39, 0.29) is 5.56 Å². The van der Waals surface area contributed by atoms with E-state index in [1.54, 1.807) is 24.3 Å². The Labute approximate surface area is 134 Å². The highest BCUT2D eigenvalue weighted by Crippen LogP contribution is 2.38. The van der Waals surface area contributed by atoms with Crippen LogP contribution in [0, 0.1) is 5.82 Å². The number of benzene rings is 2. The number of hydrogen-bond acceptors (Lipinski definition) is 4. The molecule has 0 bridgehead atoms. The molecule has 120 valence electrons. The number of rotatable bonds is 6. The number of methoxy groups -OCH3 is 3. The quantitative estimate of drug-likeness (QED) is 0.601. The third-order valence-corrected chi connectivity index (χ3v) is 3.25. The van der Waals surface area contributed by atoms with Gasteiger partial charge in [0.25, 0.3) is 0 Å². The van der Waals surface area contributed by atoms with Crippen molar-refractivity contribution in [1.29, 1.82) is 0 Å². The van der Waals surface area contributed by atoms with Crippen LogP contribution in [0.3, 0.4) is 0 Å². The van der Waals surface area contributed by atoms with Crippen LogP contribution in [0.2, 0.25) is 0 Å². The van der Waals surface area contributed by atoms with Crippen LogP contribution in [0.5, 0.6) is 17.2 Å². The van der Waals surface area contributed by atoms with Crippen LogP contribution < -0.4 is 14.2 Å². The molecule has 0 aliphatic heterocycles. The number of carbonyl (C=O) groups excluding carboxylic acids is 1. The third kappa shape index (κ3) is 3.69. The second-order valence-electron chi connectivity index (χ2n) is 4.64. The lowest BCUT2D eigenvalue weighted by Gasteiger charge is -2.12. The van der Waals surface area contributed by atoms with E-state index in [1.807, 2.05) is 0 Å².